The minimum absolute atomic E-state index is 0.671. The highest BCUT2D eigenvalue weighted by Crippen LogP contribution is 2.03. The molecular weight excluding hydrogens is 212 g/mol. The van der Waals surface area contributed by atoms with Gasteiger partial charge in [-0.05, 0) is 17.7 Å². The number of aromatic nitrogens is 2. The number of hydrogen-bond acceptors (Lipinski definition) is 4. The monoisotopic (exact) mass is 224 g/mol. The van der Waals surface area contributed by atoms with Crippen LogP contribution in [0, 0.1) is 11.3 Å². The van der Waals surface area contributed by atoms with Crippen LogP contribution in [0.15, 0.2) is 42.9 Å². The normalized spacial score (nSPS) is 9.82. The van der Waals surface area contributed by atoms with Gasteiger partial charge in [-0.15, -0.1) is 0 Å². The lowest BCUT2D eigenvalue weighted by atomic mass is 10.1. The molecule has 0 aliphatic heterocycles. The second-order valence-corrected chi connectivity index (χ2v) is 3.61. The van der Waals surface area contributed by atoms with Crippen molar-refractivity contribution in [3.63, 3.8) is 0 Å². The number of nitrogens with one attached hydrogen (secondary N) is 1. The van der Waals surface area contributed by atoms with Gasteiger partial charge in [0.1, 0.15) is 0 Å². The first-order chi connectivity index (χ1) is 8.38. The molecule has 0 bridgehead atoms. The quantitative estimate of drug-likeness (QED) is 0.857. The summed E-state index contributed by atoms with van der Waals surface area (Å²) in [6.45, 7) is 1.39. The molecule has 2 rings (SSSR count). The zero-order valence-corrected chi connectivity index (χ0v) is 9.30. The van der Waals surface area contributed by atoms with Gasteiger partial charge in [0.15, 0.2) is 0 Å². The lowest BCUT2D eigenvalue weighted by Crippen LogP contribution is -2.13. The van der Waals surface area contributed by atoms with Crippen molar-refractivity contribution in [2.45, 2.75) is 13.1 Å². The predicted molar refractivity (Wildman–Crippen MR) is 63.7 cm³/mol. The van der Waals surface area contributed by atoms with Crippen molar-refractivity contribution in [3.8, 4) is 6.07 Å². The molecule has 84 valence electrons. The second-order valence-electron chi connectivity index (χ2n) is 3.61. The van der Waals surface area contributed by atoms with E-state index in [2.05, 4.69) is 21.4 Å². The van der Waals surface area contributed by atoms with Gasteiger partial charge in [0.05, 0.1) is 17.3 Å². The van der Waals surface area contributed by atoms with Gasteiger partial charge in [-0.25, -0.2) is 0 Å². The van der Waals surface area contributed by atoms with Crippen molar-refractivity contribution in [1.82, 2.24) is 15.3 Å². The molecule has 1 N–H and O–H groups in total. The highest BCUT2D eigenvalue weighted by molar-refractivity contribution is 5.32. The number of nitrogens with zero attached hydrogens (tertiary/aromatic N) is 3. The maximum absolute atomic E-state index is 8.78. The van der Waals surface area contributed by atoms with E-state index in [1.54, 1.807) is 24.7 Å². The lowest BCUT2D eigenvalue weighted by Gasteiger charge is -2.04. The van der Waals surface area contributed by atoms with Gasteiger partial charge in [-0.2, -0.15) is 5.26 Å². The molecule has 17 heavy (non-hydrogen) atoms. The first-order valence-corrected chi connectivity index (χ1v) is 5.33. The number of benzene rings is 1. The summed E-state index contributed by atoms with van der Waals surface area (Å²) >= 11 is 0. The lowest BCUT2D eigenvalue weighted by molar-refractivity contribution is 0.676. The average molecular weight is 224 g/mol. The van der Waals surface area contributed by atoms with Crippen molar-refractivity contribution in [2.75, 3.05) is 0 Å². The van der Waals surface area contributed by atoms with E-state index < -0.39 is 0 Å². The van der Waals surface area contributed by atoms with E-state index >= 15 is 0 Å². The largest absolute Gasteiger partial charge is 0.307 e. The van der Waals surface area contributed by atoms with Crippen LogP contribution in [0.4, 0.5) is 0 Å². The van der Waals surface area contributed by atoms with Gasteiger partial charge in [0.25, 0.3) is 0 Å². The summed E-state index contributed by atoms with van der Waals surface area (Å²) in [4.78, 5) is 8.16. The number of hydrogen-bond donors (Lipinski definition) is 1. The van der Waals surface area contributed by atoms with Gasteiger partial charge < -0.3 is 5.32 Å². The number of nitriles is 1. The third-order valence-electron chi connectivity index (χ3n) is 2.31. The molecule has 4 nitrogen and oxygen atoms in total. The molecule has 0 spiro atoms. The number of rotatable bonds is 4. The van der Waals surface area contributed by atoms with Crippen molar-refractivity contribution in [2.24, 2.45) is 0 Å². The first kappa shape index (κ1) is 11.2. The zero-order chi connectivity index (χ0) is 11.9. The molecule has 2 aromatic rings. The molecule has 0 aliphatic rings. The Labute approximate surface area is 100.0 Å². The van der Waals surface area contributed by atoms with E-state index in [1.807, 2.05) is 18.2 Å². The van der Waals surface area contributed by atoms with Crippen LogP contribution in [0.2, 0.25) is 0 Å². The van der Waals surface area contributed by atoms with E-state index in [-0.39, 0.29) is 0 Å². The Morgan fingerprint density at radius 2 is 2.18 bits per heavy atom. The van der Waals surface area contributed by atoms with E-state index in [0.717, 1.165) is 11.3 Å². The van der Waals surface area contributed by atoms with Gasteiger partial charge in [0.2, 0.25) is 0 Å². The van der Waals surface area contributed by atoms with Crippen molar-refractivity contribution in [1.29, 1.82) is 5.26 Å². The molecule has 0 saturated heterocycles. The molecule has 0 atom stereocenters. The third-order valence-corrected chi connectivity index (χ3v) is 2.31. The molecule has 0 amide bonds. The van der Waals surface area contributed by atoms with Crippen LogP contribution in [0.3, 0.4) is 0 Å². The standard InChI is InChI=1S/C13H12N4/c14-7-11-2-1-3-12(6-11)8-16-10-13-9-15-4-5-17-13/h1-6,9,16H,8,10H2. The second kappa shape index (κ2) is 5.73. The topological polar surface area (TPSA) is 61.6 Å². The molecule has 0 radical (unpaired) electrons. The van der Waals surface area contributed by atoms with E-state index in [0.29, 0.717) is 18.7 Å². The van der Waals surface area contributed by atoms with Crippen LogP contribution in [0.5, 0.6) is 0 Å². The van der Waals surface area contributed by atoms with Crippen LogP contribution < -0.4 is 5.32 Å². The Bertz CT molecular complexity index is 516. The zero-order valence-electron chi connectivity index (χ0n) is 9.30. The summed E-state index contributed by atoms with van der Waals surface area (Å²) < 4.78 is 0. The molecular formula is C13H12N4. The predicted octanol–water partition coefficient (Wildman–Crippen LogP) is 1.64. The average Bonchev–Trinajstić information content (AvgIpc) is 2.40. The molecule has 0 aliphatic carbocycles. The highest BCUT2D eigenvalue weighted by atomic mass is 14.9. The van der Waals surface area contributed by atoms with Crippen molar-refractivity contribution in [3.05, 3.63) is 59.7 Å². The maximum Gasteiger partial charge on any atom is 0.0991 e. The Morgan fingerprint density at radius 1 is 1.24 bits per heavy atom. The van der Waals surface area contributed by atoms with Crippen LogP contribution in [0.1, 0.15) is 16.8 Å². The van der Waals surface area contributed by atoms with Crippen LogP contribution in [0.25, 0.3) is 0 Å². The van der Waals surface area contributed by atoms with Crippen molar-refractivity contribution < 1.29 is 0 Å². The fraction of sp³-hybridized carbons (Fsp3) is 0.154. The fourth-order valence-corrected chi connectivity index (χ4v) is 1.51. The summed E-state index contributed by atoms with van der Waals surface area (Å²) in [7, 11) is 0. The Hall–Kier alpha value is -2.25. The van der Waals surface area contributed by atoms with Gasteiger partial charge in [-0.3, -0.25) is 9.97 Å². The Balaban J connectivity index is 1.88. The molecule has 1 aromatic carbocycles. The highest BCUT2D eigenvalue weighted by Gasteiger charge is 1.96. The third kappa shape index (κ3) is 3.37. The molecule has 4 heteroatoms. The van der Waals surface area contributed by atoms with Crippen LogP contribution in [-0.2, 0) is 13.1 Å². The minimum Gasteiger partial charge on any atom is -0.307 e. The molecule has 1 aromatic heterocycles. The van der Waals surface area contributed by atoms with E-state index in [4.69, 9.17) is 5.26 Å². The van der Waals surface area contributed by atoms with Crippen LogP contribution in [-0.4, -0.2) is 9.97 Å². The summed E-state index contributed by atoms with van der Waals surface area (Å²) in [6.07, 6.45) is 5.06. The maximum atomic E-state index is 8.78. The molecule has 1 heterocycles. The molecule has 0 saturated carbocycles. The summed E-state index contributed by atoms with van der Waals surface area (Å²) in [5.74, 6) is 0. The Kier molecular flexibility index (Phi) is 3.79. The van der Waals surface area contributed by atoms with Gasteiger partial charge >= 0.3 is 0 Å². The Morgan fingerprint density at radius 3 is 2.94 bits per heavy atom. The summed E-state index contributed by atoms with van der Waals surface area (Å²) in [5.41, 5.74) is 2.68. The SMILES string of the molecule is N#Cc1cccc(CNCc2cnccn2)c1. The molecule has 0 fully saturated rings. The van der Waals surface area contributed by atoms with Gasteiger partial charge in [0, 0.05) is 31.7 Å². The summed E-state index contributed by atoms with van der Waals surface area (Å²) in [5, 5.41) is 12.0. The van der Waals surface area contributed by atoms with Crippen LogP contribution >= 0.6 is 0 Å². The fourth-order valence-electron chi connectivity index (χ4n) is 1.51. The minimum atomic E-state index is 0.671. The van der Waals surface area contributed by atoms with E-state index in [1.165, 1.54) is 0 Å². The smallest absolute Gasteiger partial charge is 0.0991 e. The van der Waals surface area contributed by atoms with Crippen molar-refractivity contribution >= 4 is 0 Å². The van der Waals surface area contributed by atoms with E-state index in [9.17, 15) is 0 Å². The van der Waals surface area contributed by atoms with Gasteiger partial charge in [-0.1, -0.05) is 12.1 Å². The first-order valence-electron chi connectivity index (χ1n) is 5.33. The molecule has 0 unspecified atom stereocenters. The summed E-state index contributed by atoms with van der Waals surface area (Å²) in [6, 6.07) is 9.68.